The molecule has 19 heavy (non-hydrogen) atoms. The summed E-state index contributed by atoms with van der Waals surface area (Å²) >= 11 is 5.06. The molecule has 0 aromatic rings. The molecule has 0 bridgehead atoms. The van der Waals surface area contributed by atoms with Crippen molar-refractivity contribution in [2.45, 2.75) is 64.5 Å². The summed E-state index contributed by atoms with van der Waals surface area (Å²) in [4.78, 5) is 0.214. The summed E-state index contributed by atoms with van der Waals surface area (Å²) in [6, 6.07) is 0.0315. The highest BCUT2D eigenvalue weighted by Gasteiger charge is 2.38. The minimum absolute atomic E-state index is 0.0315. The van der Waals surface area contributed by atoms with E-state index >= 15 is 0 Å². The molecule has 0 amide bonds. The maximum absolute atomic E-state index is 12.5. The molecular weight excluding hydrogens is 282 g/mol. The maximum Gasteiger partial charge on any atom is 0.280 e. The second-order valence-corrected chi connectivity index (χ2v) is 7.28. The Morgan fingerprint density at radius 2 is 2.00 bits per heavy atom. The van der Waals surface area contributed by atoms with Gasteiger partial charge in [-0.25, -0.2) is 0 Å². The van der Waals surface area contributed by atoms with E-state index in [4.69, 9.17) is 18.0 Å². The molecule has 0 aromatic carbocycles. The molecule has 1 aliphatic heterocycles. The van der Waals surface area contributed by atoms with Crippen molar-refractivity contribution in [1.29, 1.82) is 0 Å². The highest BCUT2D eigenvalue weighted by Crippen LogP contribution is 2.23. The Labute approximate surface area is 122 Å². The molecule has 0 radical (unpaired) electrons. The van der Waals surface area contributed by atoms with Crippen molar-refractivity contribution < 1.29 is 8.42 Å². The number of hydrogen-bond acceptors (Lipinski definition) is 3. The molecule has 0 aliphatic carbocycles. The van der Waals surface area contributed by atoms with E-state index in [-0.39, 0.29) is 11.0 Å². The molecule has 1 aliphatic rings. The van der Waals surface area contributed by atoms with E-state index in [1.165, 1.54) is 4.31 Å². The minimum Gasteiger partial charge on any atom is -0.392 e. The highest BCUT2D eigenvalue weighted by molar-refractivity contribution is 7.87. The fourth-order valence-electron chi connectivity index (χ4n) is 2.53. The van der Waals surface area contributed by atoms with Gasteiger partial charge >= 0.3 is 0 Å². The molecule has 0 saturated carbocycles. The third-order valence-electron chi connectivity index (χ3n) is 4.05. The van der Waals surface area contributed by atoms with Crippen molar-refractivity contribution in [3.8, 4) is 0 Å². The fraction of sp³-hybridized carbons (Fsp3) is 0.917. The Morgan fingerprint density at radius 1 is 1.42 bits per heavy atom. The van der Waals surface area contributed by atoms with Crippen LogP contribution in [-0.2, 0) is 10.2 Å². The maximum atomic E-state index is 12.5. The van der Waals surface area contributed by atoms with E-state index in [1.54, 1.807) is 0 Å². The predicted octanol–water partition coefficient (Wildman–Crippen LogP) is 1.54. The van der Waals surface area contributed by atoms with Gasteiger partial charge in [-0.15, -0.1) is 0 Å². The number of thiocarbonyl (C=S) groups is 1. The monoisotopic (exact) mass is 307 g/mol. The van der Waals surface area contributed by atoms with Gasteiger partial charge in [0.05, 0.1) is 10.5 Å². The van der Waals surface area contributed by atoms with Crippen molar-refractivity contribution in [3.05, 3.63) is 0 Å². The van der Waals surface area contributed by atoms with Crippen molar-refractivity contribution in [2.75, 3.05) is 6.54 Å². The van der Waals surface area contributed by atoms with Crippen molar-refractivity contribution >= 4 is 27.4 Å². The van der Waals surface area contributed by atoms with Gasteiger partial charge in [-0.2, -0.15) is 17.4 Å². The second kappa shape index (κ2) is 6.47. The van der Waals surface area contributed by atoms with Crippen molar-refractivity contribution in [3.63, 3.8) is 0 Å². The van der Waals surface area contributed by atoms with Gasteiger partial charge in [0.15, 0.2) is 0 Å². The number of nitrogens with two attached hydrogens (primary N) is 1. The van der Waals surface area contributed by atoms with Crippen LogP contribution in [0.3, 0.4) is 0 Å². The standard InChI is InChI=1S/C12H25N3O2S2/c1-4-12(5-2,11(13)18)14-19(16,17)15-9-7-6-8-10(15)3/h10,14H,4-9H2,1-3H3,(H2,13,18). The lowest BCUT2D eigenvalue weighted by Crippen LogP contribution is -2.60. The first-order chi connectivity index (χ1) is 8.79. The van der Waals surface area contributed by atoms with Gasteiger partial charge in [-0.1, -0.05) is 32.5 Å². The first-order valence-electron chi connectivity index (χ1n) is 6.89. The lowest BCUT2D eigenvalue weighted by atomic mass is 9.94. The lowest BCUT2D eigenvalue weighted by Gasteiger charge is -2.37. The van der Waals surface area contributed by atoms with E-state index in [0.717, 1.165) is 19.3 Å². The normalized spacial score (nSPS) is 22.4. The molecule has 3 N–H and O–H groups in total. The highest BCUT2D eigenvalue weighted by atomic mass is 32.2. The van der Waals surface area contributed by atoms with E-state index < -0.39 is 15.7 Å². The summed E-state index contributed by atoms with van der Waals surface area (Å²) in [6.45, 7) is 6.30. The Bertz CT molecular complexity index is 419. The smallest absolute Gasteiger partial charge is 0.280 e. The van der Waals surface area contributed by atoms with Gasteiger partial charge in [0.25, 0.3) is 10.2 Å². The second-order valence-electron chi connectivity index (χ2n) is 5.22. The fourth-order valence-corrected chi connectivity index (χ4v) is 4.89. The summed E-state index contributed by atoms with van der Waals surface area (Å²) in [5.41, 5.74) is 4.94. The summed E-state index contributed by atoms with van der Waals surface area (Å²) in [6.07, 6.45) is 4.00. The number of hydrogen-bond donors (Lipinski definition) is 2. The van der Waals surface area contributed by atoms with Gasteiger partial charge in [0, 0.05) is 12.6 Å². The van der Waals surface area contributed by atoms with Crippen LogP contribution in [0.2, 0.25) is 0 Å². The Hall–Kier alpha value is -0.240. The van der Waals surface area contributed by atoms with Gasteiger partial charge in [-0.3, -0.25) is 0 Å². The first kappa shape index (κ1) is 16.8. The molecule has 1 saturated heterocycles. The van der Waals surface area contributed by atoms with Crippen LogP contribution in [0.4, 0.5) is 0 Å². The summed E-state index contributed by atoms with van der Waals surface area (Å²) in [5.74, 6) is 0. The van der Waals surface area contributed by atoms with Gasteiger partial charge in [0.2, 0.25) is 0 Å². The van der Waals surface area contributed by atoms with Crippen LogP contribution in [-0.4, -0.2) is 35.8 Å². The van der Waals surface area contributed by atoms with Crippen LogP contribution >= 0.6 is 12.2 Å². The molecule has 1 rings (SSSR count). The third-order valence-corrected chi connectivity index (χ3v) is 6.25. The topological polar surface area (TPSA) is 75.4 Å². The SMILES string of the molecule is CCC(CC)(NS(=O)(=O)N1CCCCC1C)C(N)=S. The van der Waals surface area contributed by atoms with Crippen LogP contribution in [0.15, 0.2) is 0 Å². The lowest BCUT2D eigenvalue weighted by molar-refractivity contribution is 0.261. The van der Waals surface area contributed by atoms with Gasteiger partial charge < -0.3 is 5.73 Å². The molecule has 1 fully saturated rings. The van der Waals surface area contributed by atoms with Crippen LogP contribution < -0.4 is 10.5 Å². The van der Waals surface area contributed by atoms with Gasteiger partial charge in [-0.05, 0) is 32.6 Å². The predicted molar refractivity (Wildman–Crippen MR) is 82.2 cm³/mol. The van der Waals surface area contributed by atoms with Crippen LogP contribution in [0, 0.1) is 0 Å². The third kappa shape index (κ3) is 3.65. The Kier molecular flexibility index (Phi) is 5.73. The average Bonchev–Trinajstić information content (AvgIpc) is 2.36. The number of nitrogens with one attached hydrogen (secondary N) is 1. The molecule has 1 heterocycles. The zero-order chi connectivity index (χ0) is 14.7. The number of piperidine rings is 1. The molecule has 0 aromatic heterocycles. The van der Waals surface area contributed by atoms with Crippen LogP contribution in [0.25, 0.3) is 0 Å². The van der Waals surface area contributed by atoms with Crippen molar-refractivity contribution in [2.24, 2.45) is 5.73 Å². The Balaban J connectivity index is 2.97. The zero-order valence-electron chi connectivity index (χ0n) is 12.0. The zero-order valence-corrected chi connectivity index (χ0v) is 13.6. The van der Waals surface area contributed by atoms with Crippen molar-refractivity contribution in [1.82, 2.24) is 9.03 Å². The van der Waals surface area contributed by atoms with E-state index in [9.17, 15) is 8.42 Å². The Morgan fingerprint density at radius 3 is 2.42 bits per heavy atom. The molecule has 5 nitrogen and oxygen atoms in total. The summed E-state index contributed by atoms with van der Waals surface area (Å²) in [7, 11) is -3.54. The summed E-state index contributed by atoms with van der Waals surface area (Å²) in [5, 5.41) is 0. The van der Waals surface area contributed by atoms with E-state index in [0.29, 0.717) is 19.4 Å². The van der Waals surface area contributed by atoms with Crippen LogP contribution in [0.1, 0.15) is 52.9 Å². The number of rotatable bonds is 6. The molecule has 1 atom stereocenters. The summed E-state index contributed by atoms with van der Waals surface area (Å²) < 4.78 is 29.3. The number of nitrogens with zero attached hydrogens (tertiary/aromatic N) is 1. The molecule has 7 heteroatoms. The van der Waals surface area contributed by atoms with E-state index in [2.05, 4.69) is 4.72 Å². The molecule has 112 valence electrons. The minimum atomic E-state index is -3.54. The molecular formula is C12H25N3O2S2. The van der Waals surface area contributed by atoms with E-state index in [1.807, 2.05) is 20.8 Å². The molecule has 0 spiro atoms. The first-order valence-corrected chi connectivity index (χ1v) is 8.74. The largest absolute Gasteiger partial charge is 0.392 e. The van der Waals surface area contributed by atoms with Crippen LogP contribution in [0.5, 0.6) is 0 Å². The average molecular weight is 307 g/mol. The molecule has 1 unspecified atom stereocenters. The quantitative estimate of drug-likeness (QED) is 0.730. The van der Waals surface area contributed by atoms with Gasteiger partial charge in [0.1, 0.15) is 0 Å².